The van der Waals surface area contributed by atoms with Crippen molar-refractivity contribution in [1.29, 1.82) is 0 Å². The van der Waals surface area contributed by atoms with E-state index in [4.69, 9.17) is 4.74 Å². The predicted octanol–water partition coefficient (Wildman–Crippen LogP) is 0.873. The molecule has 0 unspecified atom stereocenters. The van der Waals surface area contributed by atoms with Gasteiger partial charge in [0.25, 0.3) is 0 Å². The normalized spacial score (nSPS) is 19.3. The van der Waals surface area contributed by atoms with Crippen molar-refractivity contribution in [2.24, 2.45) is 5.92 Å². The van der Waals surface area contributed by atoms with E-state index in [1.54, 1.807) is 0 Å². The van der Waals surface area contributed by atoms with E-state index in [1.807, 2.05) is 13.8 Å². The quantitative estimate of drug-likeness (QED) is 0.720. The van der Waals surface area contributed by atoms with Gasteiger partial charge < -0.3 is 14.4 Å². The molecule has 0 N–H and O–H groups in total. The van der Waals surface area contributed by atoms with Crippen LogP contribution in [0.15, 0.2) is 0 Å². The molecule has 0 saturated carbocycles. The van der Waals surface area contributed by atoms with Crippen molar-refractivity contribution < 1.29 is 23.9 Å². The second-order valence-electron chi connectivity index (χ2n) is 5.48. The van der Waals surface area contributed by atoms with Crippen molar-refractivity contribution >= 4 is 18.0 Å². The van der Waals surface area contributed by atoms with Crippen LogP contribution in [0.5, 0.6) is 0 Å². The Bertz CT molecular complexity index is 410. The summed E-state index contributed by atoms with van der Waals surface area (Å²) in [5.74, 6) is -0.754. The van der Waals surface area contributed by atoms with Gasteiger partial charge in [0.2, 0.25) is 5.91 Å². The zero-order valence-corrected chi connectivity index (χ0v) is 13.3. The van der Waals surface area contributed by atoms with Crippen molar-refractivity contribution in [2.75, 3.05) is 27.8 Å². The number of hydrogen-bond acceptors (Lipinski definition) is 5. The highest BCUT2D eigenvalue weighted by Gasteiger charge is 2.41. The van der Waals surface area contributed by atoms with E-state index in [1.165, 1.54) is 31.1 Å². The fourth-order valence-electron chi connectivity index (χ4n) is 2.74. The topological polar surface area (TPSA) is 76.2 Å². The Labute approximate surface area is 125 Å². The van der Waals surface area contributed by atoms with Gasteiger partial charge in [0.15, 0.2) is 0 Å². The molecule has 1 heterocycles. The zero-order chi connectivity index (χ0) is 16.2. The number of esters is 1. The number of ether oxygens (including phenoxy) is 2. The number of rotatable bonds is 4. The average molecular weight is 300 g/mol. The fourth-order valence-corrected chi connectivity index (χ4v) is 2.74. The molecule has 120 valence electrons. The predicted molar refractivity (Wildman–Crippen MR) is 75.5 cm³/mol. The Morgan fingerprint density at radius 1 is 1.19 bits per heavy atom. The van der Waals surface area contributed by atoms with Gasteiger partial charge in [0.05, 0.1) is 14.2 Å². The molecule has 1 saturated heterocycles. The van der Waals surface area contributed by atoms with Gasteiger partial charge in [-0.25, -0.2) is 9.59 Å². The Hall–Kier alpha value is -1.79. The molecule has 7 nitrogen and oxygen atoms in total. The number of likely N-dealkylation sites (N-methyl/N-ethyl adjacent to an activating group) is 1. The molecule has 0 spiro atoms. The summed E-state index contributed by atoms with van der Waals surface area (Å²) < 4.78 is 9.42. The van der Waals surface area contributed by atoms with Crippen molar-refractivity contribution in [2.45, 2.75) is 38.8 Å². The van der Waals surface area contributed by atoms with E-state index in [2.05, 4.69) is 4.74 Å². The van der Waals surface area contributed by atoms with E-state index < -0.39 is 24.1 Å². The molecule has 2 atom stereocenters. The number of carbonyl (C=O) groups is 3. The molecule has 1 fully saturated rings. The lowest BCUT2D eigenvalue weighted by molar-refractivity contribution is -0.153. The number of likely N-dealkylation sites (tertiary alicyclic amines) is 1. The first-order valence-corrected chi connectivity index (χ1v) is 7.04. The second-order valence-corrected chi connectivity index (χ2v) is 5.48. The maximum atomic E-state index is 12.7. The van der Waals surface area contributed by atoms with E-state index >= 15 is 0 Å². The molecular formula is C14H24N2O5. The van der Waals surface area contributed by atoms with E-state index in [9.17, 15) is 14.4 Å². The van der Waals surface area contributed by atoms with Crippen LogP contribution in [0.4, 0.5) is 4.79 Å². The Morgan fingerprint density at radius 2 is 1.81 bits per heavy atom. The van der Waals surface area contributed by atoms with Gasteiger partial charge in [0.1, 0.15) is 12.1 Å². The smallest absolute Gasteiger partial charge is 0.409 e. The third-order valence-electron chi connectivity index (χ3n) is 3.77. The van der Waals surface area contributed by atoms with Gasteiger partial charge in [-0.15, -0.1) is 0 Å². The minimum absolute atomic E-state index is 0.0968. The van der Waals surface area contributed by atoms with Gasteiger partial charge in [-0.05, 0) is 18.8 Å². The molecule has 1 aliphatic heterocycles. The number of carbonyl (C=O) groups excluding carboxylic acids is 3. The molecule has 0 radical (unpaired) electrons. The van der Waals surface area contributed by atoms with Crippen LogP contribution in [0, 0.1) is 5.92 Å². The summed E-state index contributed by atoms with van der Waals surface area (Å²) in [6.45, 7) is 4.20. The Morgan fingerprint density at radius 3 is 2.29 bits per heavy atom. The first-order chi connectivity index (χ1) is 9.84. The van der Waals surface area contributed by atoms with Crippen LogP contribution < -0.4 is 0 Å². The molecule has 7 heteroatoms. The van der Waals surface area contributed by atoms with Gasteiger partial charge in [-0.3, -0.25) is 9.69 Å². The lowest BCUT2D eigenvalue weighted by atomic mass is 10.0. The first kappa shape index (κ1) is 17.3. The van der Waals surface area contributed by atoms with Crippen LogP contribution in [-0.2, 0) is 19.1 Å². The largest absolute Gasteiger partial charge is 0.467 e. The third kappa shape index (κ3) is 3.65. The van der Waals surface area contributed by atoms with Crippen molar-refractivity contribution in [1.82, 2.24) is 9.80 Å². The maximum Gasteiger partial charge on any atom is 0.409 e. The molecular weight excluding hydrogens is 276 g/mol. The highest BCUT2D eigenvalue weighted by atomic mass is 16.5. The van der Waals surface area contributed by atoms with Crippen LogP contribution in [0.2, 0.25) is 0 Å². The molecule has 0 bridgehead atoms. The summed E-state index contributed by atoms with van der Waals surface area (Å²) >= 11 is 0. The van der Waals surface area contributed by atoms with Gasteiger partial charge in [0, 0.05) is 13.6 Å². The molecule has 0 aromatic rings. The lowest BCUT2D eigenvalue weighted by Crippen LogP contribution is -2.54. The van der Waals surface area contributed by atoms with Crippen LogP contribution >= 0.6 is 0 Å². The standard InChI is InChI=1S/C14H24N2O5/c1-9(2)11(15(3)14(19)21-5)12(17)16-8-6-7-10(16)13(18)20-4/h9-11H,6-8H2,1-5H3/t10-,11-/m0/s1. The summed E-state index contributed by atoms with van der Waals surface area (Å²) in [6.07, 6.45) is 0.763. The summed E-state index contributed by atoms with van der Waals surface area (Å²) in [5.41, 5.74) is 0. The number of nitrogens with zero attached hydrogens (tertiary/aromatic N) is 2. The van der Waals surface area contributed by atoms with Crippen LogP contribution in [0.25, 0.3) is 0 Å². The molecule has 21 heavy (non-hydrogen) atoms. The van der Waals surface area contributed by atoms with Crippen LogP contribution in [0.3, 0.4) is 0 Å². The highest BCUT2D eigenvalue weighted by Crippen LogP contribution is 2.23. The first-order valence-electron chi connectivity index (χ1n) is 7.04. The lowest BCUT2D eigenvalue weighted by Gasteiger charge is -2.34. The molecule has 0 aromatic carbocycles. The summed E-state index contributed by atoms with van der Waals surface area (Å²) in [6, 6.07) is -1.22. The van der Waals surface area contributed by atoms with Crippen molar-refractivity contribution in [3.05, 3.63) is 0 Å². The third-order valence-corrected chi connectivity index (χ3v) is 3.77. The summed E-state index contributed by atoms with van der Waals surface area (Å²) in [5, 5.41) is 0. The average Bonchev–Trinajstić information content (AvgIpc) is 2.94. The number of methoxy groups -OCH3 is 2. The van der Waals surface area contributed by atoms with Crippen molar-refractivity contribution in [3.63, 3.8) is 0 Å². The second kappa shape index (κ2) is 7.28. The molecule has 1 aliphatic rings. The van der Waals surface area contributed by atoms with Gasteiger partial charge >= 0.3 is 12.1 Å². The van der Waals surface area contributed by atoms with E-state index in [0.717, 1.165) is 6.42 Å². The molecule has 0 aromatic heterocycles. The molecule has 1 rings (SSSR count). The highest BCUT2D eigenvalue weighted by molar-refractivity contribution is 5.90. The summed E-state index contributed by atoms with van der Waals surface area (Å²) in [7, 11) is 4.11. The SMILES string of the molecule is COC(=O)[C@@H]1CCCN1C(=O)[C@H](C(C)C)N(C)C(=O)OC. The zero-order valence-electron chi connectivity index (χ0n) is 13.3. The Kier molecular flexibility index (Phi) is 5.99. The minimum Gasteiger partial charge on any atom is -0.467 e. The summed E-state index contributed by atoms with van der Waals surface area (Å²) in [4.78, 5) is 39.0. The minimum atomic E-state index is -0.664. The van der Waals surface area contributed by atoms with E-state index in [-0.39, 0.29) is 11.8 Å². The van der Waals surface area contributed by atoms with Gasteiger partial charge in [-0.2, -0.15) is 0 Å². The molecule has 0 aliphatic carbocycles. The fraction of sp³-hybridized carbons (Fsp3) is 0.786. The van der Waals surface area contributed by atoms with Gasteiger partial charge in [-0.1, -0.05) is 13.8 Å². The van der Waals surface area contributed by atoms with E-state index in [0.29, 0.717) is 13.0 Å². The number of hydrogen-bond donors (Lipinski definition) is 0. The maximum absolute atomic E-state index is 12.7. The molecule has 2 amide bonds. The van der Waals surface area contributed by atoms with Crippen LogP contribution in [0.1, 0.15) is 26.7 Å². The monoisotopic (exact) mass is 300 g/mol. The Balaban J connectivity index is 2.95. The van der Waals surface area contributed by atoms with Crippen molar-refractivity contribution in [3.8, 4) is 0 Å². The van der Waals surface area contributed by atoms with Crippen LogP contribution in [-0.4, -0.2) is 67.7 Å². The number of amides is 2.